The van der Waals surface area contributed by atoms with Crippen LogP contribution in [0.25, 0.3) is 5.52 Å². The molecule has 0 saturated heterocycles. The van der Waals surface area contributed by atoms with E-state index < -0.39 is 46.2 Å². The van der Waals surface area contributed by atoms with Crippen LogP contribution in [0.4, 0.5) is 0 Å². The fraction of sp³-hybridized carbons (Fsp3) is 0.435. The van der Waals surface area contributed by atoms with Crippen LogP contribution < -0.4 is 16.6 Å². The van der Waals surface area contributed by atoms with Gasteiger partial charge in [0.2, 0.25) is 0 Å². The van der Waals surface area contributed by atoms with Crippen LogP contribution in [0, 0.1) is 5.41 Å². The van der Waals surface area contributed by atoms with E-state index in [0.717, 1.165) is 10.5 Å². The first-order valence-corrected chi connectivity index (χ1v) is 10.3. The van der Waals surface area contributed by atoms with Crippen molar-refractivity contribution in [2.75, 3.05) is 7.11 Å². The Bertz CT molecular complexity index is 1170. The van der Waals surface area contributed by atoms with Crippen molar-refractivity contribution in [3.05, 3.63) is 51.9 Å². The lowest BCUT2D eigenvalue weighted by Gasteiger charge is -2.35. The summed E-state index contributed by atoms with van der Waals surface area (Å²) in [6.07, 6.45) is 1.22. The molecule has 11 nitrogen and oxygen atoms in total. The first kappa shape index (κ1) is 26.4. The van der Waals surface area contributed by atoms with E-state index >= 15 is 0 Å². The van der Waals surface area contributed by atoms with Crippen LogP contribution in [-0.2, 0) is 29.3 Å². The van der Waals surface area contributed by atoms with Crippen LogP contribution in [-0.4, -0.2) is 46.6 Å². The minimum absolute atomic E-state index is 0.0349. The Balaban J connectivity index is 2.85. The van der Waals surface area contributed by atoms with Crippen LogP contribution in [0.3, 0.4) is 0 Å². The third kappa shape index (κ3) is 5.72. The summed E-state index contributed by atoms with van der Waals surface area (Å²) >= 11 is 0. The van der Waals surface area contributed by atoms with Crippen molar-refractivity contribution < 1.29 is 28.6 Å². The number of guanidine groups is 1. The molecule has 0 spiro atoms. The minimum Gasteiger partial charge on any atom is -0.465 e. The quantitative estimate of drug-likeness (QED) is 0.191. The Morgan fingerprint density at radius 2 is 1.50 bits per heavy atom. The van der Waals surface area contributed by atoms with Gasteiger partial charge in [0.05, 0.1) is 12.7 Å². The molecule has 0 bridgehead atoms. The summed E-state index contributed by atoms with van der Waals surface area (Å²) in [5, 5.41) is 10.2. The molecule has 2 aromatic rings. The zero-order valence-electron chi connectivity index (χ0n) is 20.3. The summed E-state index contributed by atoms with van der Waals surface area (Å²) in [6, 6.07) is 5.27. The molecule has 184 valence electrons. The number of nitrogens with zero attached hydrogens (tertiary/aromatic N) is 1. The standard InChI is InChI=1S/C23H30N4O7/c1-21(2,3)33-18(30)23(26-20(24)25,19(31)34-22(4,5)6)14-8-9-15-10-13(17(29)32-7)11-16(28)27(15)12-14/h8-12H,1-7H3,(H4,24,25,26). The van der Waals surface area contributed by atoms with Crippen LogP contribution in [0.15, 0.2) is 35.3 Å². The van der Waals surface area contributed by atoms with E-state index in [0.29, 0.717) is 5.52 Å². The lowest BCUT2D eigenvalue weighted by atomic mass is 9.90. The van der Waals surface area contributed by atoms with Gasteiger partial charge in [0.25, 0.3) is 11.1 Å². The average Bonchev–Trinajstić information content (AvgIpc) is 2.68. The van der Waals surface area contributed by atoms with Gasteiger partial charge in [0.15, 0.2) is 5.96 Å². The summed E-state index contributed by atoms with van der Waals surface area (Å²) in [5.74, 6) is -3.56. The van der Waals surface area contributed by atoms with Crippen molar-refractivity contribution in [2.24, 2.45) is 5.73 Å². The lowest BCUT2D eigenvalue weighted by Crippen LogP contribution is -2.62. The number of ether oxygens (including phenoxy) is 3. The van der Waals surface area contributed by atoms with E-state index in [4.69, 9.17) is 20.6 Å². The van der Waals surface area contributed by atoms with Crippen molar-refractivity contribution in [3.63, 3.8) is 0 Å². The number of pyridine rings is 2. The topological polar surface area (TPSA) is 162 Å². The fourth-order valence-electron chi connectivity index (χ4n) is 3.09. The second kappa shape index (κ2) is 9.16. The van der Waals surface area contributed by atoms with Crippen LogP contribution >= 0.6 is 0 Å². The first-order valence-electron chi connectivity index (χ1n) is 10.3. The number of carbonyl (C=O) groups is 3. The molecule has 0 amide bonds. The lowest BCUT2D eigenvalue weighted by molar-refractivity contribution is -0.179. The second-order valence-corrected chi connectivity index (χ2v) is 9.58. The van der Waals surface area contributed by atoms with Crippen molar-refractivity contribution >= 4 is 29.4 Å². The van der Waals surface area contributed by atoms with Gasteiger partial charge in [-0.25, -0.2) is 14.4 Å². The molecule has 0 aliphatic heterocycles. The summed E-state index contributed by atoms with van der Waals surface area (Å²) in [4.78, 5) is 51.5. The molecular formula is C23H30N4O7. The number of carbonyl (C=O) groups excluding carboxylic acids is 3. The molecule has 2 aromatic heterocycles. The van der Waals surface area contributed by atoms with Gasteiger partial charge in [-0.2, -0.15) is 0 Å². The maximum Gasteiger partial charge on any atom is 0.349 e. The van der Waals surface area contributed by atoms with Crippen molar-refractivity contribution in [1.82, 2.24) is 9.72 Å². The van der Waals surface area contributed by atoms with Gasteiger partial charge in [-0.3, -0.25) is 14.6 Å². The SMILES string of the molecule is COC(=O)c1cc(=O)n2cc(C(NC(=N)N)(C(=O)OC(C)(C)C)C(=O)OC(C)(C)C)ccc2c1. The van der Waals surface area contributed by atoms with Gasteiger partial charge < -0.3 is 25.3 Å². The molecule has 4 N–H and O–H groups in total. The van der Waals surface area contributed by atoms with Crippen molar-refractivity contribution in [1.29, 1.82) is 5.41 Å². The zero-order chi connectivity index (χ0) is 26.1. The smallest absolute Gasteiger partial charge is 0.349 e. The van der Waals surface area contributed by atoms with Gasteiger partial charge in [-0.15, -0.1) is 0 Å². The average molecular weight is 475 g/mol. The number of aromatic nitrogens is 1. The normalized spacial score (nSPS) is 12.1. The van der Waals surface area contributed by atoms with E-state index in [2.05, 4.69) is 10.1 Å². The number of esters is 3. The van der Waals surface area contributed by atoms with Crippen molar-refractivity contribution in [2.45, 2.75) is 58.3 Å². The molecule has 0 unspecified atom stereocenters. The molecule has 0 atom stereocenters. The van der Waals surface area contributed by atoms with Gasteiger partial charge >= 0.3 is 17.9 Å². The number of nitrogens with one attached hydrogen (secondary N) is 2. The highest BCUT2D eigenvalue weighted by Crippen LogP contribution is 2.29. The summed E-state index contributed by atoms with van der Waals surface area (Å²) in [7, 11) is 1.19. The Hall–Kier alpha value is -3.89. The fourth-order valence-corrected chi connectivity index (χ4v) is 3.09. The number of rotatable bonds is 5. The highest BCUT2D eigenvalue weighted by Gasteiger charge is 2.54. The van der Waals surface area contributed by atoms with E-state index in [1.807, 2.05) is 0 Å². The number of hydrogen-bond donors (Lipinski definition) is 3. The van der Waals surface area contributed by atoms with Crippen LogP contribution in [0.1, 0.15) is 57.5 Å². The molecular weight excluding hydrogens is 444 g/mol. The molecule has 34 heavy (non-hydrogen) atoms. The van der Waals surface area contributed by atoms with E-state index in [9.17, 15) is 19.2 Å². The number of nitrogens with two attached hydrogens (primary N) is 1. The third-order valence-corrected chi connectivity index (χ3v) is 4.39. The molecule has 11 heteroatoms. The molecule has 2 rings (SSSR count). The van der Waals surface area contributed by atoms with E-state index in [-0.39, 0.29) is 11.1 Å². The highest BCUT2D eigenvalue weighted by molar-refractivity contribution is 6.08. The number of hydrogen-bond acceptors (Lipinski definition) is 8. The molecule has 0 aliphatic rings. The van der Waals surface area contributed by atoms with E-state index in [1.165, 1.54) is 31.5 Å². The predicted octanol–water partition coefficient (Wildman–Crippen LogP) is 1.45. The maximum absolute atomic E-state index is 13.5. The largest absolute Gasteiger partial charge is 0.465 e. The van der Waals surface area contributed by atoms with Crippen molar-refractivity contribution in [3.8, 4) is 0 Å². The maximum atomic E-state index is 13.5. The third-order valence-electron chi connectivity index (χ3n) is 4.39. The Labute approximate surface area is 196 Å². The van der Waals surface area contributed by atoms with Crippen LogP contribution in [0.2, 0.25) is 0 Å². The Kier molecular flexibility index (Phi) is 7.10. The summed E-state index contributed by atoms with van der Waals surface area (Å²) < 4.78 is 16.8. The Morgan fingerprint density at radius 1 is 0.971 bits per heavy atom. The summed E-state index contributed by atoms with van der Waals surface area (Å²) in [6.45, 7) is 9.65. The van der Waals surface area contributed by atoms with E-state index in [1.54, 1.807) is 41.5 Å². The zero-order valence-corrected chi connectivity index (χ0v) is 20.3. The monoisotopic (exact) mass is 474 g/mol. The predicted molar refractivity (Wildman–Crippen MR) is 123 cm³/mol. The molecule has 0 aliphatic carbocycles. The van der Waals surface area contributed by atoms with Crippen LogP contribution in [0.5, 0.6) is 0 Å². The second-order valence-electron chi connectivity index (χ2n) is 9.58. The van der Waals surface area contributed by atoms with Gasteiger partial charge in [0.1, 0.15) is 11.2 Å². The molecule has 2 heterocycles. The number of fused-ring (bicyclic) bond motifs is 1. The Morgan fingerprint density at radius 3 is 1.94 bits per heavy atom. The van der Waals surface area contributed by atoms with Gasteiger partial charge in [-0.05, 0) is 53.7 Å². The summed E-state index contributed by atoms with van der Waals surface area (Å²) in [5.41, 5.74) is 0.793. The van der Waals surface area contributed by atoms with Gasteiger partial charge in [-0.1, -0.05) is 6.07 Å². The number of methoxy groups -OCH3 is 1. The molecule has 0 saturated carbocycles. The first-order chi connectivity index (χ1) is 15.5. The molecule has 0 fully saturated rings. The minimum atomic E-state index is -2.40. The highest BCUT2D eigenvalue weighted by atomic mass is 16.6. The molecule has 0 aromatic carbocycles. The van der Waals surface area contributed by atoms with Gasteiger partial charge in [0, 0.05) is 23.3 Å². The molecule has 0 radical (unpaired) electrons.